The van der Waals surface area contributed by atoms with Gasteiger partial charge >= 0.3 is 5.97 Å². The fraction of sp³-hybridized carbons (Fsp3) is 0.417. The van der Waals surface area contributed by atoms with E-state index in [2.05, 4.69) is 0 Å². The van der Waals surface area contributed by atoms with E-state index in [0.29, 0.717) is 17.9 Å². The van der Waals surface area contributed by atoms with Gasteiger partial charge in [0.25, 0.3) is 0 Å². The summed E-state index contributed by atoms with van der Waals surface area (Å²) in [4.78, 5) is 10.4. The molecule has 0 spiro atoms. The number of aliphatic carboxylic acids is 1. The van der Waals surface area contributed by atoms with Crippen LogP contribution in [0.25, 0.3) is 0 Å². The predicted molar refractivity (Wildman–Crippen MR) is 63.3 cm³/mol. The van der Waals surface area contributed by atoms with Crippen molar-refractivity contribution in [3.63, 3.8) is 0 Å². The van der Waals surface area contributed by atoms with Crippen LogP contribution in [0, 0.1) is 6.92 Å². The Morgan fingerprint density at radius 1 is 1.50 bits per heavy atom. The maximum Gasteiger partial charge on any atom is 0.303 e. The highest BCUT2D eigenvalue weighted by Gasteiger charge is 2.07. The molecular weight excluding hydrogens is 228 g/mol. The van der Waals surface area contributed by atoms with Gasteiger partial charge in [0.2, 0.25) is 0 Å². The SMILES string of the molecule is COc1cc(CCCC(=O)O)c(Cl)cc1C. The Morgan fingerprint density at radius 3 is 2.75 bits per heavy atom. The van der Waals surface area contributed by atoms with E-state index in [9.17, 15) is 4.79 Å². The first kappa shape index (κ1) is 12.8. The molecule has 0 radical (unpaired) electrons. The molecular formula is C12H15ClO3. The second kappa shape index (κ2) is 5.75. The number of benzene rings is 1. The molecule has 0 aromatic heterocycles. The van der Waals surface area contributed by atoms with Crippen molar-refractivity contribution in [2.75, 3.05) is 7.11 Å². The lowest BCUT2D eigenvalue weighted by Crippen LogP contribution is -1.97. The predicted octanol–water partition coefficient (Wildman–Crippen LogP) is 3.06. The van der Waals surface area contributed by atoms with E-state index >= 15 is 0 Å². The van der Waals surface area contributed by atoms with Crippen LogP contribution in [0.1, 0.15) is 24.0 Å². The molecule has 1 rings (SSSR count). The van der Waals surface area contributed by atoms with Gasteiger partial charge in [0.1, 0.15) is 5.75 Å². The van der Waals surface area contributed by atoms with E-state index in [1.807, 2.05) is 19.1 Å². The standard InChI is InChI=1S/C12H15ClO3/c1-8-6-10(13)9(7-11(8)16-2)4-3-5-12(14)15/h6-7H,3-5H2,1-2H3,(H,14,15). The zero-order valence-electron chi connectivity index (χ0n) is 9.42. The monoisotopic (exact) mass is 242 g/mol. The minimum absolute atomic E-state index is 0.159. The summed E-state index contributed by atoms with van der Waals surface area (Å²) in [7, 11) is 1.61. The molecule has 4 heteroatoms. The number of hydrogen-bond acceptors (Lipinski definition) is 2. The zero-order chi connectivity index (χ0) is 12.1. The van der Waals surface area contributed by atoms with E-state index in [0.717, 1.165) is 16.9 Å². The normalized spacial score (nSPS) is 10.2. The van der Waals surface area contributed by atoms with Gasteiger partial charge < -0.3 is 9.84 Å². The lowest BCUT2D eigenvalue weighted by molar-refractivity contribution is -0.137. The Labute approximate surface area is 100.0 Å². The highest BCUT2D eigenvalue weighted by atomic mass is 35.5. The third-order valence-corrected chi connectivity index (χ3v) is 2.75. The number of carboxylic acids is 1. The van der Waals surface area contributed by atoms with Crippen molar-refractivity contribution in [3.05, 3.63) is 28.3 Å². The Hall–Kier alpha value is -1.22. The molecule has 88 valence electrons. The minimum Gasteiger partial charge on any atom is -0.496 e. The molecule has 0 aliphatic rings. The number of aryl methyl sites for hydroxylation is 2. The Morgan fingerprint density at radius 2 is 2.19 bits per heavy atom. The quantitative estimate of drug-likeness (QED) is 0.863. The highest BCUT2D eigenvalue weighted by molar-refractivity contribution is 6.31. The summed E-state index contributed by atoms with van der Waals surface area (Å²) in [5.74, 6) is 0.00456. The van der Waals surface area contributed by atoms with E-state index in [1.165, 1.54) is 0 Å². The van der Waals surface area contributed by atoms with Crippen molar-refractivity contribution in [3.8, 4) is 5.75 Å². The molecule has 0 atom stereocenters. The van der Waals surface area contributed by atoms with E-state index in [1.54, 1.807) is 7.11 Å². The van der Waals surface area contributed by atoms with Crippen LogP contribution in [0.15, 0.2) is 12.1 Å². The Bertz CT molecular complexity index is 388. The molecule has 1 N–H and O–H groups in total. The third kappa shape index (κ3) is 3.42. The summed E-state index contributed by atoms with van der Waals surface area (Å²) in [6.07, 6.45) is 1.40. The average Bonchev–Trinajstić information content (AvgIpc) is 2.20. The van der Waals surface area contributed by atoms with Crippen LogP contribution in [-0.4, -0.2) is 18.2 Å². The van der Waals surface area contributed by atoms with Crippen LogP contribution in [-0.2, 0) is 11.2 Å². The lowest BCUT2D eigenvalue weighted by atomic mass is 10.1. The van der Waals surface area contributed by atoms with Crippen molar-refractivity contribution >= 4 is 17.6 Å². The van der Waals surface area contributed by atoms with E-state index < -0.39 is 5.97 Å². The fourth-order valence-electron chi connectivity index (χ4n) is 1.54. The number of halogens is 1. The Balaban J connectivity index is 2.75. The van der Waals surface area contributed by atoms with Gasteiger partial charge in [-0.15, -0.1) is 0 Å². The van der Waals surface area contributed by atoms with E-state index in [-0.39, 0.29) is 6.42 Å². The van der Waals surface area contributed by atoms with Gasteiger partial charge in [-0.05, 0) is 43.0 Å². The lowest BCUT2D eigenvalue weighted by Gasteiger charge is -2.09. The second-order valence-electron chi connectivity index (χ2n) is 3.66. The first-order valence-electron chi connectivity index (χ1n) is 5.09. The smallest absolute Gasteiger partial charge is 0.303 e. The molecule has 0 unspecified atom stereocenters. The third-order valence-electron chi connectivity index (χ3n) is 2.40. The fourth-order valence-corrected chi connectivity index (χ4v) is 1.85. The van der Waals surface area contributed by atoms with Gasteiger partial charge in [-0.2, -0.15) is 0 Å². The second-order valence-corrected chi connectivity index (χ2v) is 4.07. The summed E-state index contributed by atoms with van der Waals surface area (Å²) in [6.45, 7) is 1.92. The molecule has 0 saturated carbocycles. The molecule has 0 amide bonds. The number of rotatable bonds is 5. The zero-order valence-corrected chi connectivity index (χ0v) is 10.2. The van der Waals surface area contributed by atoms with Crippen LogP contribution in [0.4, 0.5) is 0 Å². The first-order chi connectivity index (χ1) is 7.54. The van der Waals surface area contributed by atoms with Gasteiger partial charge in [0.15, 0.2) is 0 Å². The summed E-state index contributed by atoms with van der Waals surface area (Å²) in [5.41, 5.74) is 1.92. The van der Waals surface area contributed by atoms with Crippen LogP contribution in [0.2, 0.25) is 5.02 Å². The average molecular weight is 243 g/mol. The van der Waals surface area contributed by atoms with Crippen molar-refractivity contribution in [2.24, 2.45) is 0 Å². The summed E-state index contributed by atoms with van der Waals surface area (Å²) >= 11 is 6.07. The Kier molecular flexibility index (Phi) is 4.62. The van der Waals surface area contributed by atoms with Crippen molar-refractivity contribution in [1.82, 2.24) is 0 Å². The molecule has 1 aromatic carbocycles. The first-order valence-corrected chi connectivity index (χ1v) is 5.47. The van der Waals surface area contributed by atoms with Gasteiger partial charge in [-0.1, -0.05) is 11.6 Å². The molecule has 0 saturated heterocycles. The van der Waals surface area contributed by atoms with E-state index in [4.69, 9.17) is 21.4 Å². The van der Waals surface area contributed by atoms with Crippen molar-refractivity contribution in [1.29, 1.82) is 0 Å². The molecule has 0 fully saturated rings. The molecule has 0 aliphatic heterocycles. The maximum absolute atomic E-state index is 10.4. The summed E-state index contributed by atoms with van der Waals surface area (Å²) in [6, 6.07) is 3.72. The molecule has 1 aromatic rings. The molecule has 0 aliphatic carbocycles. The number of carbonyl (C=O) groups is 1. The molecule has 0 heterocycles. The number of methoxy groups -OCH3 is 1. The number of ether oxygens (including phenoxy) is 1. The van der Waals surface area contributed by atoms with Gasteiger partial charge in [0, 0.05) is 11.4 Å². The van der Waals surface area contributed by atoms with Crippen LogP contribution < -0.4 is 4.74 Å². The summed E-state index contributed by atoms with van der Waals surface area (Å²) in [5, 5.41) is 9.22. The van der Waals surface area contributed by atoms with Crippen LogP contribution in [0.3, 0.4) is 0 Å². The van der Waals surface area contributed by atoms with Crippen molar-refractivity contribution < 1.29 is 14.6 Å². The molecule has 3 nitrogen and oxygen atoms in total. The minimum atomic E-state index is -0.782. The number of hydrogen-bond donors (Lipinski definition) is 1. The van der Waals surface area contributed by atoms with Gasteiger partial charge in [0.05, 0.1) is 7.11 Å². The molecule has 16 heavy (non-hydrogen) atoms. The van der Waals surface area contributed by atoms with Gasteiger partial charge in [-0.3, -0.25) is 4.79 Å². The number of carboxylic acid groups (broad SMARTS) is 1. The maximum atomic E-state index is 10.4. The molecule has 0 bridgehead atoms. The topological polar surface area (TPSA) is 46.5 Å². The van der Waals surface area contributed by atoms with Crippen molar-refractivity contribution in [2.45, 2.75) is 26.2 Å². The highest BCUT2D eigenvalue weighted by Crippen LogP contribution is 2.27. The summed E-state index contributed by atoms with van der Waals surface area (Å²) < 4.78 is 5.19. The van der Waals surface area contributed by atoms with Gasteiger partial charge in [-0.25, -0.2) is 0 Å². The largest absolute Gasteiger partial charge is 0.496 e. The van der Waals surface area contributed by atoms with Crippen LogP contribution >= 0.6 is 11.6 Å². The van der Waals surface area contributed by atoms with Crippen LogP contribution in [0.5, 0.6) is 5.75 Å².